The fourth-order valence-corrected chi connectivity index (χ4v) is 1.32. The number of aromatic amines is 1. The standard InChI is InChI=1S/C10H13Cl2N3/c1-4-6(2)9(12)15-10-8(7(3)11)13-5-14-10/h5-6H,3-4H2,1-2H3,(H,13,14). The first-order chi connectivity index (χ1) is 7.06. The molecule has 0 aliphatic rings. The lowest BCUT2D eigenvalue weighted by atomic mass is 10.1. The highest BCUT2D eigenvalue weighted by Crippen LogP contribution is 2.25. The van der Waals surface area contributed by atoms with Crippen LogP contribution < -0.4 is 0 Å². The van der Waals surface area contributed by atoms with Gasteiger partial charge in [0, 0.05) is 5.92 Å². The molecule has 1 aromatic rings. The zero-order chi connectivity index (χ0) is 11.4. The summed E-state index contributed by atoms with van der Waals surface area (Å²) in [6.45, 7) is 7.67. The van der Waals surface area contributed by atoms with Crippen LogP contribution in [0.1, 0.15) is 26.0 Å². The molecule has 0 spiro atoms. The molecule has 1 aromatic heterocycles. The van der Waals surface area contributed by atoms with Gasteiger partial charge in [0.25, 0.3) is 0 Å². The molecule has 0 saturated carbocycles. The van der Waals surface area contributed by atoms with Crippen LogP contribution in [0, 0.1) is 5.92 Å². The van der Waals surface area contributed by atoms with Gasteiger partial charge in [-0.1, -0.05) is 43.6 Å². The van der Waals surface area contributed by atoms with Gasteiger partial charge >= 0.3 is 0 Å². The Morgan fingerprint density at radius 1 is 1.67 bits per heavy atom. The smallest absolute Gasteiger partial charge is 0.180 e. The fourth-order valence-electron chi connectivity index (χ4n) is 0.951. The van der Waals surface area contributed by atoms with Crippen molar-refractivity contribution < 1.29 is 0 Å². The number of aliphatic imine (C=N–C) groups is 1. The van der Waals surface area contributed by atoms with Crippen LogP contribution in [-0.4, -0.2) is 15.1 Å². The van der Waals surface area contributed by atoms with Gasteiger partial charge in [0.05, 0.1) is 11.4 Å². The van der Waals surface area contributed by atoms with Gasteiger partial charge in [-0.15, -0.1) is 0 Å². The van der Waals surface area contributed by atoms with E-state index in [4.69, 9.17) is 23.2 Å². The van der Waals surface area contributed by atoms with Crippen molar-refractivity contribution in [2.24, 2.45) is 10.9 Å². The van der Waals surface area contributed by atoms with E-state index in [0.717, 1.165) is 6.42 Å². The van der Waals surface area contributed by atoms with E-state index in [1.807, 2.05) is 6.92 Å². The molecule has 1 N–H and O–H groups in total. The summed E-state index contributed by atoms with van der Waals surface area (Å²) in [6, 6.07) is 0. The largest absolute Gasteiger partial charge is 0.342 e. The summed E-state index contributed by atoms with van der Waals surface area (Å²) in [5, 5.41) is 0.906. The van der Waals surface area contributed by atoms with Gasteiger partial charge in [-0.3, -0.25) is 0 Å². The Bertz CT molecular complexity index is 382. The molecule has 0 aromatic carbocycles. The molecule has 0 aliphatic heterocycles. The summed E-state index contributed by atoms with van der Waals surface area (Å²) < 4.78 is 0. The Morgan fingerprint density at radius 2 is 2.33 bits per heavy atom. The van der Waals surface area contributed by atoms with Crippen LogP contribution in [0.25, 0.3) is 5.03 Å². The first-order valence-electron chi connectivity index (χ1n) is 4.68. The molecule has 0 radical (unpaired) electrons. The van der Waals surface area contributed by atoms with E-state index in [2.05, 4.69) is 28.5 Å². The van der Waals surface area contributed by atoms with Crippen molar-refractivity contribution in [2.45, 2.75) is 20.3 Å². The molecule has 0 bridgehead atoms. The van der Waals surface area contributed by atoms with Crippen molar-refractivity contribution in [3.05, 3.63) is 18.6 Å². The van der Waals surface area contributed by atoms with Crippen LogP contribution >= 0.6 is 23.2 Å². The number of nitrogens with zero attached hydrogens (tertiary/aromatic N) is 2. The summed E-state index contributed by atoms with van der Waals surface area (Å²) >= 11 is 11.8. The van der Waals surface area contributed by atoms with Crippen molar-refractivity contribution in [1.29, 1.82) is 0 Å². The van der Waals surface area contributed by atoms with Crippen LogP contribution in [0.5, 0.6) is 0 Å². The molecule has 1 unspecified atom stereocenters. The third-order valence-corrected chi connectivity index (χ3v) is 2.77. The molecule has 15 heavy (non-hydrogen) atoms. The summed E-state index contributed by atoms with van der Waals surface area (Å²) in [7, 11) is 0. The molecular formula is C10H13Cl2N3. The second-order valence-electron chi connectivity index (χ2n) is 3.25. The molecule has 1 rings (SSSR count). The summed E-state index contributed by atoms with van der Waals surface area (Å²) in [5.74, 6) is 0.708. The predicted molar refractivity (Wildman–Crippen MR) is 65.9 cm³/mol. The van der Waals surface area contributed by atoms with Crippen LogP contribution in [0.3, 0.4) is 0 Å². The van der Waals surface area contributed by atoms with Crippen molar-refractivity contribution in [1.82, 2.24) is 9.97 Å². The summed E-state index contributed by atoms with van der Waals surface area (Å²) in [4.78, 5) is 11.1. The van der Waals surface area contributed by atoms with E-state index in [0.29, 0.717) is 21.7 Å². The molecule has 0 aliphatic carbocycles. The van der Waals surface area contributed by atoms with Crippen LogP contribution in [0.4, 0.5) is 5.82 Å². The molecule has 1 heterocycles. The maximum absolute atomic E-state index is 6.02. The van der Waals surface area contributed by atoms with E-state index >= 15 is 0 Å². The molecule has 1 atom stereocenters. The number of rotatable bonds is 4. The van der Waals surface area contributed by atoms with Gasteiger partial charge in [-0.25, -0.2) is 9.98 Å². The second-order valence-corrected chi connectivity index (χ2v) is 4.09. The minimum absolute atomic E-state index is 0.222. The Kier molecular flexibility index (Phi) is 4.36. The SMILES string of the molecule is C=C(Cl)c1[nH]cnc1N=C(Cl)C(C)CC. The number of hydrogen-bond acceptors (Lipinski definition) is 2. The number of H-pyrrole nitrogens is 1. The maximum Gasteiger partial charge on any atom is 0.180 e. The van der Waals surface area contributed by atoms with Crippen molar-refractivity contribution in [3.8, 4) is 0 Å². The lowest BCUT2D eigenvalue weighted by molar-refractivity contribution is 0.748. The molecule has 0 amide bonds. The quantitative estimate of drug-likeness (QED) is 0.803. The average molecular weight is 246 g/mol. The topological polar surface area (TPSA) is 41.0 Å². The minimum Gasteiger partial charge on any atom is -0.342 e. The number of imidazole rings is 1. The number of hydrogen-bond donors (Lipinski definition) is 1. The first-order valence-corrected chi connectivity index (χ1v) is 5.44. The van der Waals surface area contributed by atoms with E-state index in [-0.39, 0.29) is 5.92 Å². The Hall–Kier alpha value is -0.800. The second kappa shape index (κ2) is 5.33. The van der Waals surface area contributed by atoms with Crippen molar-refractivity contribution in [2.75, 3.05) is 0 Å². The van der Waals surface area contributed by atoms with Gasteiger partial charge in [-0.2, -0.15) is 0 Å². The predicted octanol–water partition coefficient (Wildman–Crippen LogP) is 3.93. The number of nitrogens with one attached hydrogen (secondary N) is 1. The Balaban J connectivity index is 2.97. The summed E-state index contributed by atoms with van der Waals surface area (Å²) in [5.41, 5.74) is 0.609. The minimum atomic E-state index is 0.222. The van der Waals surface area contributed by atoms with Gasteiger partial charge in [0.2, 0.25) is 0 Å². The Labute approximate surface area is 99.2 Å². The summed E-state index contributed by atoms with van der Waals surface area (Å²) in [6.07, 6.45) is 2.45. The molecule has 0 saturated heterocycles. The first kappa shape index (κ1) is 12.3. The van der Waals surface area contributed by atoms with Crippen molar-refractivity contribution in [3.63, 3.8) is 0 Å². The number of halogens is 2. The third-order valence-electron chi connectivity index (χ3n) is 2.12. The van der Waals surface area contributed by atoms with E-state index < -0.39 is 0 Å². The lowest BCUT2D eigenvalue weighted by Crippen LogP contribution is -2.01. The highest BCUT2D eigenvalue weighted by Gasteiger charge is 2.10. The zero-order valence-electron chi connectivity index (χ0n) is 8.72. The van der Waals surface area contributed by atoms with Crippen LogP contribution in [-0.2, 0) is 0 Å². The van der Waals surface area contributed by atoms with Gasteiger partial charge in [-0.05, 0) is 6.42 Å². The fraction of sp³-hybridized carbons (Fsp3) is 0.400. The molecule has 0 fully saturated rings. The van der Waals surface area contributed by atoms with Gasteiger partial charge in [0.15, 0.2) is 5.82 Å². The van der Waals surface area contributed by atoms with E-state index in [9.17, 15) is 0 Å². The van der Waals surface area contributed by atoms with Crippen molar-refractivity contribution >= 4 is 39.2 Å². The molecule has 5 heteroatoms. The average Bonchev–Trinajstić information content (AvgIpc) is 2.64. The van der Waals surface area contributed by atoms with Gasteiger partial charge < -0.3 is 4.98 Å². The highest BCUT2D eigenvalue weighted by atomic mass is 35.5. The molecular weight excluding hydrogens is 233 g/mol. The third kappa shape index (κ3) is 3.08. The monoisotopic (exact) mass is 245 g/mol. The van der Waals surface area contributed by atoms with E-state index in [1.54, 1.807) is 0 Å². The van der Waals surface area contributed by atoms with Crippen LogP contribution in [0.2, 0.25) is 0 Å². The van der Waals surface area contributed by atoms with Gasteiger partial charge in [0.1, 0.15) is 10.9 Å². The molecule has 3 nitrogen and oxygen atoms in total. The maximum atomic E-state index is 6.02. The molecule has 82 valence electrons. The van der Waals surface area contributed by atoms with E-state index in [1.165, 1.54) is 6.33 Å². The zero-order valence-corrected chi connectivity index (χ0v) is 10.2. The van der Waals surface area contributed by atoms with Crippen LogP contribution in [0.15, 0.2) is 17.9 Å². The lowest BCUT2D eigenvalue weighted by Gasteiger charge is -2.04. The highest BCUT2D eigenvalue weighted by molar-refractivity contribution is 6.66. The normalized spacial score (nSPS) is 14.0. The Morgan fingerprint density at radius 3 is 2.87 bits per heavy atom. The number of aromatic nitrogens is 2.